The van der Waals surface area contributed by atoms with Crippen LogP contribution in [0, 0.1) is 52.3 Å². The van der Waals surface area contributed by atoms with Crippen molar-refractivity contribution in [3.63, 3.8) is 0 Å². The highest BCUT2D eigenvalue weighted by atomic mass is 16.6. The molecule has 0 saturated heterocycles. The molecule has 30 heavy (non-hydrogen) atoms. The summed E-state index contributed by atoms with van der Waals surface area (Å²) in [4.78, 5) is 34.7. The Kier molecular flexibility index (Phi) is 6.11. The molecule has 2 N–H and O–H groups in total. The quantitative estimate of drug-likeness (QED) is 0.430. The minimum absolute atomic E-state index is 0.0234. The zero-order chi connectivity index (χ0) is 22.9. The average molecular weight is 416 g/mol. The SMILES string of the molecule is CCOC(=O)C1=C(C)OC(N)=C(C#N)C1c1c(C)c([N+](=O)[O-])c(C)c([N+](=O)[O-])c1C. The summed E-state index contributed by atoms with van der Waals surface area (Å²) in [6, 6.07) is 1.86. The molecule has 1 unspecified atom stereocenters. The van der Waals surface area contributed by atoms with Crippen LogP contribution in [0.25, 0.3) is 0 Å². The van der Waals surface area contributed by atoms with Crippen molar-refractivity contribution in [2.24, 2.45) is 5.73 Å². The number of nitro groups is 2. The molecule has 1 heterocycles. The Morgan fingerprint density at radius 1 is 1.13 bits per heavy atom. The van der Waals surface area contributed by atoms with E-state index in [0.717, 1.165) is 0 Å². The fourth-order valence-electron chi connectivity index (χ4n) is 3.84. The lowest BCUT2D eigenvalue weighted by Crippen LogP contribution is -2.27. The first-order valence-electron chi connectivity index (χ1n) is 8.87. The van der Waals surface area contributed by atoms with Crippen LogP contribution < -0.4 is 5.73 Å². The molecule has 0 radical (unpaired) electrons. The molecule has 1 aromatic rings. The van der Waals surface area contributed by atoms with Crippen LogP contribution >= 0.6 is 0 Å². The molecule has 0 bridgehead atoms. The lowest BCUT2D eigenvalue weighted by atomic mass is 9.77. The van der Waals surface area contributed by atoms with Crippen molar-refractivity contribution in [2.75, 3.05) is 6.61 Å². The van der Waals surface area contributed by atoms with Gasteiger partial charge in [-0.25, -0.2) is 4.79 Å². The van der Waals surface area contributed by atoms with Gasteiger partial charge in [0, 0.05) is 11.1 Å². The molecule has 0 amide bonds. The van der Waals surface area contributed by atoms with Crippen molar-refractivity contribution in [1.82, 2.24) is 0 Å². The van der Waals surface area contributed by atoms with Crippen LogP contribution in [0.1, 0.15) is 42.0 Å². The molecule has 11 nitrogen and oxygen atoms in total. The second-order valence-electron chi connectivity index (χ2n) is 6.62. The molecular weight excluding hydrogens is 396 g/mol. The van der Waals surface area contributed by atoms with Gasteiger partial charge in [-0.05, 0) is 40.2 Å². The van der Waals surface area contributed by atoms with Gasteiger partial charge in [0.2, 0.25) is 5.88 Å². The van der Waals surface area contributed by atoms with Crippen molar-refractivity contribution in [3.8, 4) is 6.07 Å². The zero-order valence-electron chi connectivity index (χ0n) is 17.1. The maximum atomic E-state index is 12.7. The Balaban J connectivity index is 3.05. The average Bonchev–Trinajstić information content (AvgIpc) is 2.60. The minimum Gasteiger partial charge on any atom is -0.463 e. The van der Waals surface area contributed by atoms with E-state index >= 15 is 0 Å². The third kappa shape index (κ3) is 3.43. The monoisotopic (exact) mass is 416 g/mol. The number of nitro benzene ring substituents is 2. The Bertz CT molecular complexity index is 1040. The number of rotatable bonds is 5. The van der Waals surface area contributed by atoms with E-state index in [1.54, 1.807) is 6.92 Å². The van der Waals surface area contributed by atoms with Gasteiger partial charge in [0.1, 0.15) is 23.0 Å². The summed E-state index contributed by atoms with van der Waals surface area (Å²) < 4.78 is 10.4. The number of hydrogen-bond donors (Lipinski definition) is 1. The highest BCUT2D eigenvalue weighted by Gasteiger charge is 2.42. The summed E-state index contributed by atoms with van der Waals surface area (Å²) in [5.41, 5.74) is 4.75. The molecular formula is C19H20N4O7. The number of allylic oxidation sites excluding steroid dienone is 2. The molecule has 0 aliphatic carbocycles. The number of carbonyl (C=O) groups is 1. The molecule has 1 aliphatic rings. The number of carbonyl (C=O) groups excluding carboxylic acids is 1. The van der Waals surface area contributed by atoms with E-state index in [9.17, 15) is 30.3 Å². The van der Waals surface area contributed by atoms with Crippen LogP contribution in [-0.2, 0) is 14.3 Å². The third-order valence-electron chi connectivity index (χ3n) is 4.98. The molecule has 158 valence electrons. The largest absolute Gasteiger partial charge is 0.463 e. The van der Waals surface area contributed by atoms with E-state index in [0.29, 0.717) is 0 Å². The molecule has 2 rings (SSSR count). The second-order valence-corrected chi connectivity index (χ2v) is 6.62. The van der Waals surface area contributed by atoms with Gasteiger partial charge in [0.25, 0.3) is 11.4 Å². The molecule has 11 heteroatoms. The summed E-state index contributed by atoms with van der Waals surface area (Å²) in [5, 5.41) is 33.1. The van der Waals surface area contributed by atoms with E-state index in [-0.39, 0.29) is 51.6 Å². The van der Waals surface area contributed by atoms with Crippen LogP contribution in [0.3, 0.4) is 0 Å². The fourth-order valence-corrected chi connectivity index (χ4v) is 3.84. The number of benzene rings is 1. The predicted octanol–water partition coefficient (Wildman–Crippen LogP) is 3.07. The summed E-state index contributed by atoms with van der Waals surface area (Å²) in [6.07, 6.45) is 0. The number of hydrogen-bond acceptors (Lipinski definition) is 9. The van der Waals surface area contributed by atoms with Gasteiger partial charge in [0.15, 0.2) is 0 Å². The maximum Gasteiger partial charge on any atom is 0.338 e. The van der Waals surface area contributed by atoms with Gasteiger partial charge in [-0.2, -0.15) is 5.26 Å². The smallest absolute Gasteiger partial charge is 0.338 e. The first-order chi connectivity index (χ1) is 14.0. The second kappa shape index (κ2) is 8.20. The number of nitrogens with zero attached hydrogens (tertiary/aromatic N) is 3. The van der Waals surface area contributed by atoms with E-state index < -0.39 is 33.1 Å². The summed E-state index contributed by atoms with van der Waals surface area (Å²) in [6.45, 7) is 7.15. The van der Waals surface area contributed by atoms with Crippen molar-refractivity contribution in [1.29, 1.82) is 5.26 Å². The van der Waals surface area contributed by atoms with Gasteiger partial charge in [0.05, 0.1) is 27.9 Å². The van der Waals surface area contributed by atoms with Gasteiger partial charge in [-0.15, -0.1) is 0 Å². The normalized spacial score (nSPS) is 16.1. The Labute approximate surface area is 171 Å². The maximum absolute atomic E-state index is 12.7. The highest BCUT2D eigenvalue weighted by Crippen LogP contribution is 2.47. The number of nitrogens with two attached hydrogens (primary N) is 1. The van der Waals surface area contributed by atoms with Crippen LogP contribution in [0.5, 0.6) is 0 Å². The van der Waals surface area contributed by atoms with Crippen LogP contribution in [0.4, 0.5) is 11.4 Å². The van der Waals surface area contributed by atoms with E-state index in [4.69, 9.17) is 15.2 Å². The molecule has 0 fully saturated rings. The van der Waals surface area contributed by atoms with Crippen molar-refractivity contribution in [2.45, 2.75) is 40.5 Å². The lowest BCUT2D eigenvalue weighted by molar-refractivity contribution is -0.396. The van der Waals surface area contributed by atoms with Gasteiger partial charge in [-0.3, -0.25) is 20.2 Å². The molecule has 1 aliphatic heterocycles. The molecule has 0 aromatic heterocycles. The predicted molar refractivity (Wildman–Crippen MR) is 104 cm³/mol. The van der Waals surface area contributed by atoms with Crippen molar-refractivity contribution in [3.05, 3.63) is 65.3 Å². The van der Waals surface area contributed by atoms with Gasteiger partial charge >= 0.3 is 5.97 Å². The molecule has 0 saturated carbocycles. The van der Waals surface area contributed by atoms with E-state index in [1.165, 1.54) is 27.7 Å². The highest BCUT2D eigenvalue weighted by molar-refractivity contribution is 5.93. The molecule has 1 atom stereocenters. The summed E-state index contributed by atoms with van der Waals surface area (Å²) in [5.74, 6) is -2.29. The Morgan fingerprint density at radius 3 is 2.03 bits per heavy atom. The first-order valence-corrected chi connectivity index (χ1v) is 8.87. The fraction of sp³-hybridized carbons (Fsp3) is 0.368. The Morgan fingerprint density at radius 2 is 1.63 bits per heavy atom. The topological polar surface area (TPSA) is 172 Å². The summed E-state index contributed by atoms with van der Waals surface area (Å²) >= 11 is 0. The summed E-state index contributed by atoms with van der Waals surface area (Å²) in [7, 11) is 0. The van der Waals surface area contributed by atoms with Crippen LogP contribution in [0.15, 0.2) is 22.8 Å². The van der Waals surface area contributed by atoms with Crippen LogP contribution in [0.2, 0.25) is 0 Å². The zero-order valence-corrected chi connectivity index (χ0v) is 17.1. The van der Waals surface area contributed by atoms with E-state index in [1.807, 2.05) is 6.07 Å². The van der Waals surface area contributed by atoms with Crippen LogP contribution in [-0.4, -0.2) is 22.4 Å². The number of ether oxygens (including phenoxy) is 2. The standard InChI is InChI=1S/C19H20N4O7/c1-6-29-19(24)14-11(5)30-18(21)12(7-20)15(14)13-8(2)16(22(25)26)10(4)17(9(13)3)23(27)28/h15H,6,21H2,1-5H3. The number of nitriles is 1. The Hall–Kier alpha value is -3.94. The lowest BCUT2D eigenvalue weighted by Gasteiger charge is -2.29. The molecule has 1 aromatic carbocycles. The van der Waals surface area contributed by atoms with Gasteiger partial charge < -0.3 is 15.2 Å². The van der Waals surface area contributed by atoms with Crippen molar-refractivity contribution >= 4 is 17.3 Å². The van der Waals surface area contributed by atoms with Gasteiger partial charge in [-0.1, -0.05) is 0 Å². The first kappa shape index (κ1) is 22.4. The minimum atomic E-state index is -1.22. The van der Waals surface area contributed by atoms with E-state index in [2.05, 4.69) is 0 Å². The third-order valence-corrected chi connectivity index (χ3v) is 4.98. The van der Waals surface area contributed by atoms with Crippen molar-refractivity contribution < 1.29 is 24.1 Å². The molecule has 0 spiro atoms. The number of esters is 1.